The summed E-state index contributed by atoms with van der Waals surface area (Å²) in [5.74, 6) is 3.00. The summed E-state index contributed by atoms with van der Waals surface area (Å²) in [6.07, 6.45) is 9.28. The average Bonchev–Trinajstić information content (AvgIpc) is 2.93. The molecule has 0 spiro atoms. The monoisotopic (exact) mass is 286 g/mol. The molecular formula is C15H22N6. The van der Waals surface area contributed by atoms with E-state index in [1.54, 1.807) is 6.33 Å². The van der Waals surface area contributed by atoms with E-state index in [2.05, 4.69) is 30.8 Å². The van der Waals surface area contributed by atoms with Crippen LogP contribution < -0.4 is 9.80 Å². The first-order valence-electron chi connectivity index (χ1n) is 7.48. The van der Waals surface area contributed by atoms with Crippen LogP contribution in [0.2, 0.25) is 0 Å². The van der Waals surface area contributed by atoms with Gasteiger partial charge in [0.1, 0.15) is 23.8 Å². The van der Waals surface area contributed by atoms with E-state index in [-0.39, 0.29) is 0 Å². The van der Waals surface area contributed by atoms with E-state index in [9.17, 15) is 0 Å². The quantitative estimate of drug-likeness (QED) is 0.858. The van der Waals surface area contributed by atoms with E-state index in [0.717, 1.165) is 37.1 Å². The minimum absolute atomic E-state index is 0.736. The summed E-state index contributed by atoms with van der Waals surface area (Å²) in [5.41, 5.74) is 0. The second-order valence-corrected chi connectivity index (χ2v) is 5.59. The van der Waals surface area contributed by atoms with Crippen LogP contribution in [0.3, 0.4) is 0 Å². The lowest BCUT2D eigenvalue weighted by molar-refractivity contribution is 0.573. The maximum absolute atomic E-state index is 4.43. The third-order valence-electron chi connectivity index (χ3n) is 4.01. The molecule has 0 radical (unpaired) electrons. The minimum Gasteiger partial charge on any atom is -0.356 e. The molecular weight excluding hydrogens is 264 g/mol. The van der Waals surface area contributed by atoms with Crippen molar-refractivity contribution in [2.24, 2.45) is 7.05 Å². The van der Waals surface area contributed by atoms with Gasteiger partial charge in [0.15, 0.2) is 0 Å². The summed E-state index contributed by atoms with van der Waals surface area (Å²) in [6.45, 7) is 2.93. The van der Waals surface area contributed by atoms with Crippen LogP contribution in [0.15, 0.2) is 24.8 Å². The van der Waals surface area contributed by atoms with E-state index in [1.807, 2.05) is 31.1 Å². The van der Waals surface area contributed by atoms with Crippen LogP contribution in [0, 0.1) is 0 Å². The zero-order chi connectivity index (χ0) is 14.7. The molecule has 2 aromatic rings. The summed E-state index contributed by atoms with van der Waals surface area (Å²) in [5, 5.41) is 0. The van der Waals surface area contributed by atoms with Crippen LogP contribution in [-0.4, -0.2) is 39.7 Å². The maximum Gasteiger partial charge on any atom is 0.134 e. The SMILES string of the molecule is CN(Cc1nccn1C)c1cc(N2CCCCC2)ncn1. The van der Waals surface area contributed by atoms with Crippen LogP contribution in [-0.2, 0) is 13.6 Å². The molecule has 1 aliphatic heterocycles. The number of imidazole rings is 1. The van der Waals surface area contributed by atoms with E-state index >= 15 is 0 Å². The molecule has 0 amide bonds. The van der Waals surface area contributed by atoms with Gasteiger partial charge in [0.25, 0.3) is 0 Å². The number of aromatic nitrogens is 4. The smallest absolute Gasteiger partial charge is 0.134 e. The number of hydrogen-bond donors (Lipinski definition) is 0. The van der Waals surface area contributed by atoms with Gasteiger partial charge in [-0.05, 0) is 19.3 Å². The van der Waals surface area contributed by atoms with Crippen molar-refractivity contribution in [1.82, 2.24) is 19.5 Å². The minimum atomic E-state index is 0.736. The van der Waals surface area contributed by atoms with E-state index in [4.69, 9.17) is 0 Å². The van der Waals surface area contributed by atoms with Crippen molar-refractivity contribution in [2.75, 3.05) is 29.9 Å². The number of aryl methyl sites for hydroxylation is 1. The van der Waals surface area contributed by atoms with Gasteiger partial charge in [0.05, 0.1) is 6.54 Å². The van der Waals surface area contributed by atoms with E-state index in [0.29, 0.717) is 0 Å². The van der Waals surface area contributed by atoms with Gasteiger partial charge in [0.2, 0.25) is 0 Å². The number of piperidine rings is 1. The zero-order valence-electron chi connectivity index (χ0n) is 12.7. The topological polar surface area (TPSA) is 50.1 Å². The van der Waals surface area contributed by atoms with Gasteiger partial charge in [-0.25, -0.2) is 15.0 Å². The molecule has 0 aromatic carbocycles. The molecule has 0 atom stereocenters. The Bertz CT molecular complexity index is 587. The summed E-state index contributed by atoms with van der Waals surface area (Å²) >= 11 is 0. The first-order valence-corrected chi connectivity index (χ1v) is 7.48. The molecule has 1 saturated heterocycles. The Morgan fingerprint density at radius 2 is 1.95 bits per heavy atom. The molecule has 6 heteroatoms. The number of anilines is 2. The van der Waals surface area contributed by atoms with Gasteiger partial charge in [-0.2, -0.15) is 0 Å². The second-order valence-electron chi connectivity index (χ2n) is 5.59. The van der Waals surface area contributed by atoms with Crippen molar-refractivity contribution in [2.45, 2.75) is 25.8 Å². The largest absolute Gasteiger partial charge is 0.356 e. The van der Waals surface area contributed by atoms with E-state index in [1.165, 1.54) is 19.3 Å². The third kappa shape index (κ3) is 3.15. The summed E-state index contributed by atoms with van der Waals surface area (Å²) in [4.78, 5) is 17.6. The van der Waals surface area contributed by atoms with Crippen molar-refractivity contribution in [3.63, 3.8) is 0 Å². The summed E-state index contributed by atoms with van der Waals surface area (Å²) in [6, 6.07) is 2.08. The van der Waals surface area contributed by atoms with Gasteiger partial charge in [-0.15, -0.1) is 0 Å². The highest BCUT2D eigenvalue weighted by Gasteiger charge is 2.14. The highest BCUT2D eigenvalue weighted by molar-refractivity contribution is 5.49. The molecule has 3 rings (SSSR count). The van der Waals surface area contributed by atoms with Crippen LogP contribution in [0.4, 0.5) is 11.6 Å². The lowest BCUT2D eigenvalue weighted by Crippen LogP contribution is -2.30. The molecule has 112 valence electrons. The normalized spacial score (nSPS) is 15.2. The molecule has 0 saturated carbocycles. The van der Waals surface area contributed by atoms with Crippen molar-refractivity contribution < 1.29 is 0 Å². The van der Waals surface area contributed by atoms with Crippen LogP contribution in [0.5, 0.6) is 0 Å². The summed E-state index contributed by atoms with van der Waals surface area (Å²) in [7, 11) is 4.05. The van der Waals surface area contributed by atoms with E-state index < -0.39 is 0 Å². The molecule has 0 aliphatic carbocycles. The third-order valence-corrected chi connectivity index (χ3v) is 4.01. The van der Waals surface area contributed by atoms with Gasteiger partial charge < -0.3 is 14.4 Å². The number of rotatable bonds is 4. The van der Waals surface area contributed by atoms with Gasteiger partial charge in [-0.1, -0.05) is 0 Å². The van der Waals surface area contributed by atoms with Crippen LogP contribution in [0.1, 0.15) is 25.1 Å². The average molecular weight is 286 g/mol. The Morgan fingerprint density at radius 3 is 2.67 bits per heavy atom. The lowest BCUT2D eigenvalue weighted by Gasteiger charge is -2.28. The molecule has 0 unspecified atom stereocenters. The van der Waals surface area contributed by atoms with Crippen LogP contribution >= 0.6 is 0 Å². The number of hydrogen-bond acceptors (Lipinski definition) is 5. The predicted octanol–water partition coefficient (Wildman–Crippen LogP) is 1.84. The summed E-state index contributed by atoms with van der Waals surface area (Å²) < 4.78 is 2.03. The molecule has 6 nitrogen and oxygen atoms in total. The van der Waals surface area contributed by atoms with Crippen molar-refractivity contribution in [3.05, 3.63) is 30.6 Å². The molecule has 1 aliphatic rings. The Hall–Kier alpha value is -2.11. The maximum atomic E-state index is 4.43. The fourth-order valence-corrected chi connectivity index (χ4v) is 2.68. The molecule has 0 bridgehead atoms. The lowest BCUT2D eigenvalue weighted by atomic mass is 10.1. The molecule has 3 heterocycles. The van der Waals surface area contributed by atoms with Crippen molar-refractivity contribution >= 4 is 11.6 Å². The fraction of sp³-hybridized carbons (Fsp3) is 0.533. The first kappa shape index (κ1) is 13.9. The highest BCUT2D eigenvalue weighted by Crippen LogP contribution is 2.21. The fourth-order valence-electron chi connectivity index (χ4n) is 2.68. The van der Waals surface area contributed by atoms with Gasteiger partial charge in [-0.3, -0.25) is 0 Å². The van der Waals surface area contributed by atoms with Crippen molar-refractivity contribution in [1.29, 1.82) is 0 Å². The highest BCUT2D eigenvalue weighted by atomic mass is 15.2. The molecule has 0 N–H and O–H groups in total. The second kappa shape index (κ2) is 6.11. The Balaban J connectivity index is 1.74. The van der Waals surface area contributed by atoms with Crippen LogP contribution in [0.25, 0.3) is 0 Å². The van der Waals surface area contributed by atoms with Gasteiger partial charge >= 0.3 is 0 Å². The van der Waals surface area contributed by atoms with Crippen molar-refractivity contribution in [3.8, 4) is 0 Å². The Labute approximate surface area is 125 Å². The number of nitrogens with zero attached hydrogens (tertiary/aromatic N) is 6. The molecule has 1 fully saturated rings. The Kier molecular flexibility index (Phi) is 4.03. The Morgan fingerprint density at radius 1 is 1.14 bits per heavy atom. The zero-order valence-corrected chi connectivity index (χ0v) is 12.7. The molecule has 2 aromatic heterocycles. The molecule has 21 heavy (non-hydrogen) atoms. The van der Waals surface area contributed by atoms with Gasteiger partial charge in [0, 0.05) is 45.6 Å². The first-order chi connectivity index (χ1) is 10.2. The predicted molar refractivity (Wildman–Crippen MR) is 83.4 cm³/mol. The standard InChI is InChI=1S/C15H22N6/c1-19-9-6-16-15(19)11-20(2)13-10-14(18-12-17-13)21-7-4-3-5-8-21/h6,9-10,12H,3-5,7-8,11H2,1-2H3.